The molecule has 0 spiro atoms. The van der Waals surface area contributed by atoms with Gasteiger partial charge in [-0.1, -0.05) is 17.7 Å². The standard InChI is InChI=1S/C11H14ClFN2O2S/c12-8-2-1-3-9(13)11(8)18(16,17)15-6-10(14)7-4-5-7/h1-3,7,10,15H,4-6,14H2. The SMILES string of the molecule is NC(CNS(=O)(=O)c1c(F)cccc1Cl)C1CC1. The van der Waals surface area contributed by atoms with Gasteiger partial charge in [0.15, 0.2) is 0 Å². The molecule has 1 saturated carbocycles. The number of hydrogen-bond acceptors (Lipinski definition) is 3. The van der Waals surface area contributed by atoms with E-state index in [1.54, 1.807) is 0 Å². The first-order chi connectivity index (χ1) is 8.42. The van der Waals surface area contributed by atoms with Crippen LogP contribution in [0.3, 0.4) is 0 Å². The van der Waals surface area contributed by atoms with Crippen LogP contribution in [0, 0.1) is 11.7 Å². The van der Waals surface area contributed by atoms with E-state index in [1.165, 1.54) is 12.1 Å². The summed E-state index contributed by atoms with van der Waals surface area (Å²) in [6.45, 7) is 0.0949. The highest BCUT2D eigenvalue weighted by Crippen LogP contribution is 2.31. The van der Waals surface area contributed by atoms with E-state index < -0.39 is 20.7 Å². The minimum absolute atomic E-state index is 0.0949. The van der Waals surface area contributed by atoms with E-state index in [-0.39, 0.29) is 17.6 Å². The van der Waals surface area contributed by atoms with Gasteiger partial charge in [0.2, 0.25) is 10.0 Å². The molecule has 2 rings (SSSR count). The van der Waals surface area contributed by atoms with E-state index in [9.17, 15) is 12.8 Å². The number of nitrogens with two attached hydrogens (primary N) is 1. The molecule has 3 N–H and O–H groups in total. The molecule has 1 fully saturated rings. The Labute approximate surface area is 110 Å². The summed E-state index contributed by atoms with van der Waals surface area (Å²) < 4.78 is 39.7. The van der Waals surface area contributed by atoms with Gasteiger partial charge in [0.1, 0.15) is 10.7 Å². The molecule has 100 valence electrons. The Balaban J connectivity index is 2.14. The maximum atomic E-state index is 13.5. The van der Waals surface area contributed by atoms with Gasteiger partial charge >= 0.3 is 0 Å². The Bertz CT molecular complexity index is 526. The Morgan fingerprint density at radius 3 is 2.72 bits per heavy atom. The monoisotopic (exact) mass is 292 g/mol. The van der Waals surface area contributed by atoms with Crippen LogP contribution >= 0.6 is 11.6 Å². The van der Waals surface area contributed by atoms with E-state index in [0.717, 1.165) is 18.9 Å². The quantitative estimate of drug-likeness (QED) is 0.864. The minimum atomic E-state index is -3.96. The number of nitrogens with one attached hydrogen (secondary N) is 1. The first-order valence-corrected chi connectivity index (χ1v) is 7.47. The van der Waals surface area contributed by atoms with E-state index in [1.807, 2.05) is 0 Å². The summed E-state index contributed by atoms with van der Waals surface area (Å²) in [4.78, 5) is -0.519. The number of benzene rings is 1. The number of halogens is 2. The van der Waals surface area contributed by atoms with Crippen molar-refractivity contribution in [2.45, 2.75) is 23.8 Å². The smallest absolute Gasteiger partial charge is 0.245 e. The van der Waals surface area contributed by atoms with Gasteiger partial charge in [-0.25, -0.2) is 17.5 Å². The lowest BCUT2D eigenvalue weighted by atomic mass is 10.2. The Hall–Kier alpha value is -0.690. The molecule has 0 aliphatic heterocycles. The van der Waals surface area contributed by atoms with Gasteiger partial charge in [-0.3, -0.25) is 0 Å². The van der Waals surface area contributed by atoms with Crippen molar-refractivity contribution in [2.75, 3.05) is 6.54 Å². The van der Waals surface area contributed by atoms with Crippen molar-refractivity contribution < 1.29 is 12.8 Å². The van der Waals surface area contributed by atoms with Gasteiger partial charge in [-0.05, 0) is 30.9 Å². The molecule has 18 heavy (non-hydrogen) atoms. The van der Waals surface area contributed by atoms with E-state index in [4.69, 9.17) is 17.3 Å². The van der Waals surface area contributed by atoms with Crippen molar-refractivity contribution in [1.29, 1.82) is 0 Å². The molecule has 4 nitrogen and oxygen atoms in total. The van der Waals surface area contributed by atoms with Crippen molar-refractivity contribution in [3.63, 3.8) is 0 Å². The summed E-state index contributed by atoms with van der Waals surface area (Å²) in [5.41, 5.74) is 5.79. The summed E-state index contributed by atoms with van der Waals surface area (Å²) in [5, 5.41) is -0.137. The van der Waals surface area contributed by atoms with Gasteiger partial charge in [-0.15, -0.1) is 0 Å². The highest BCUT2D eigenvalue weighted by Gasteiger charge is 2.30. The van der Waals surface area contributed by atoms with Crippen molar-refractivity contribution >= 4 is 21.6 Å². The molecule has 1 unspecified atom stereocenters. The molecule has 1 aromatic carbocycles. The summed E-state index contributed by atoms with van der Waals surface area (Å²) in [6.07, 6.45) is 2.03. The van der Waals surface area contributed by atoms with Crippen molar-refractivity contribution in [3.05, 3.63) is 29.0 Å². The van der Waals surface area contributed by atoms with Crippen LogP contribution < -0.4 is 10.5 Å². The van der Waals surface area contributed by atoms with Gasteiger partial charge in [0, 0.05) is 12.6 Å². The molecular weight excluding hydrogens is 279 g/mol. The van der Waals surface area contributed by atoms with Crippen LogP contribution in [-0.2, 0) is 10.0 Å². The fourth-order valence-corrected chi connectivity index (χ4v) is 3.38. The zero-order valence-electron chi connectivity index (χ0n) is 9.57. The fraction of sp³-hybridized carbons (Fsp3) is 0.455. The largest absolute Gasteiger partial charge is 0.326 e. The second-order valence-electron chi connectivity index (χ2n) is 4.40. The van der Waals surface area contributed by atoms with Crippen LogP contribution in [0.25, 0.3) is 0 Å². The van der Waals surface area contributed by atoms with Gasteiger partial charge < -0.3 is 5.73 Å². The third-order valence-corrected chi connectivity index (χ3v) is 4.85. The highest BCUT2D eigenvalue weighted by atomic mass is 35.5. The molecule has 1 aliphatic carbocycles. The van der Waals surface area contributed by atoms with Crippen LogP contribution in [0.1, 0.15) is 12.8 Å². The summed E-state index contributed by atoms with van der Waals surface area (Å²) in [6, 6.07) is 3.51. The predicted octanol–water partition coefficient (Wildman–Crippen LogP) is 1.49. The van der Waals surface area contributed by atoms with E-state index in [2.05, 4.69) is 4.72 Å². The van der Waals surface area contributed by atoms with Crippen LogP contribution in [0.4, 0.5) is 4.39 Å². The van der Waals surface area contributed by atoms with Crippen LogP contribution in [-0.4, -0.2) is 21.0 Å². The fourth-order valence-electron chi connectivity index (χ4n) is 1.71. The lowest BCUT2D eigenvalue weighted by Crippen LogP contribution is -2.38. The Kier molecular flexibility index (Phi) is 3.91. The number of hydrogen-bond donors (Lipinski definition) is 2. The maximum absolute atomic E-state index is 13.5. The molecule has 0 amide bonds. The topological polar surface area (TPSA) is 72.2 Å². The Morgan fingerprint density at radius 2 is 2.17 bits per heavy atom. The van der Waals surface area contributed by atoms with Gasteiger partial charge in [0.25, 0.3) is 0 Å². The maximum Gasteiger partial charge on any atom is 0.245 e. The molecule has 0 saturated heterocycles. The van der Waals surface area contributed by atoms with Crippen molar-refractivity contribution in [3.8, 4) is 0 Å². The van der Waals surface area contributed by atoms with Crippen LogP contribution in [0.15, 0.2) is 23.1 Å². The summed E-state index contributed by atoms with van der Waals surface area (Å²) in [7, 11) is -3.96. The van der Waals surface area contributed by atoms with E-state index in [0.29, 0.717) is 5.92 Å². The van der Waals surface area contributed by atoms with Crippen molar-refractivity contribution in [2.24, 2.45) is 11.7 Å². The van der Waals surface area contributed by atoms with Gasteiger partial charge in [0.05, 0.1) is 5.02 Å². The molecule has 0 aromatic heterocycles. The first-order valence-electron chi connectivity index (χ1n) is 5.61. The lowest BCUT2D eigenvalue weighted by molar-refractivity contribution is 0.536. The van der Waals surface area contributed by atoms with Crippen molar-refractivity contribution in [1.82, 2.24) is 4.72 Å². The third kappa shape index (κ3) is 3.00. The minimum Gasteiger partial charge on any atom is -0.326 e. The average Bonchev–Trinajstić information content (AvgIpc) is 3.09. The molecule has 1 aromatic rings. The highest BCUT2D eigenvalue weighted by molar-refractivity contribution is 7.89. The normalized spacial score (nSPS) is 17.7. The summed E-state index contributed by atoms with van der Waals surface area (Å²) in [5.74, 6) is -0.501. The number of rotatable bonds is 5. The second kappa shape index (κ2) is 5.13. The number of sulfonamides is 1. The van der Waals surface area contributed by atoms with Gasteiger partial charge in [-0.2, -0.15) is 0 Å². The van der Waals surface area contributed by atoms with E-state index >= 15 is 0 Å². The molecule has 1 atom stereocenters. The third-order valence-electron chi connectivity index (χ3n) is 2.92. The zero-order valence-corrected chi connectivity index (χ0v) is 11.1. The van der Waals surface area contributed by atoms with Crippen LogP contribution in [0.2, 0.25) is 5.02 Å². The molecule has 0 bridgehead atoms. The molecule has 0 radical (unpaired) electrons. The molecule has 1 aliphatic rings. The molecule has 7 heteroatoms. The lowest BCUT2D eigenvalue weighted by Gasteiger charge is -2.13. The molecule has 0 heterocycles. The average molecular weight is 293 g/mol. The zero-order chi connectivity index (χ0) is 13.3. The van der Waals surface area contributed by atoms with Crippen LogP contribution in [0.5, 0.6) is 0 Å². The summed E-state index contributed by atoms with van der Waals surface area (Å²) >= 11 is 5.71. The second-order valence-corrected chi connectivity index (χ2v) is 6.51. The first kappa shape index (κ1) is 13.7. The molecular formula is C11H14ClFN2O2S. The Morgan fingerprint density at radius 1 is 1.50 bits per heavy atom. The predicted molar refractivity (Wildman–Crippen MR) is 67.3 cm³/mol.